The summed E-state index contributed by atoms with van der Waals surface area (Å²) >= 11 is 1.76. The molecule has 3 N–H and O–H groups in total. The third-order valence-electron chi connectivity index (χ3n) is 2.74. The Kier molecular flexibility index (Phi) is 3.54. The summed E-state index contributed by atoms with van der Waals surface area (Å²) in [5, 5.41) is 12.2. The number of hydrogen-bond donors (Lipinski definition) is 2. The van der Waals surface area contributed by atoms with Crippen molar-refractivity contribution in [2.75, 3.05) is 11.1 Å². The molecule has 0 saturated carbocycles. The normalized spacial score (nSPS) is 11.8. The molecule has 92 valence electrons. The van der Waals surface area contributed by atoms with Crippen LogP contribution in [0.25, 0.3) is 0 Å². The number of benzene rings is 1. The van der Waals surface area contributed by atoms with Crippen LogP contribution in [0.15, 0.2) is 30.3 Å². The highest BCUT2D eigenvalue weighted by molar-refractivity contribution is 7.12. The lowest BCUT2D eigenvalue weighted by Gasteiger charge is -2.15. The molecule has 1 heterocycles. The summed E-state index contributed by atoms with van der Waals surface area (Å²) in [6.45, 7) is 4.18. The lowest BCUT2D eigenvalue weighted by atomic mass is 10.1. The van der Waals surface area contributed by atoms with Gasteiger partial charge in [-0.2, -0.15) is 5.26 Å². The van der Waals surface area contributed by atoms with Crippen LogP contribution < -0.4 is 11.1 Å². The van der Waals surface area contributed by atoms with Crippen molar-refractivity contribution < 1.29 is 0 Å². The van der Waals surface area contributed by atoms with Gasteiger partial charge in [-0.25, -0.2) is 0 Å². The fourth-order valence-electron chi connectivity index (χ4n) is 1.74. The van der Waals surface area contributed by atoms with Crippen LogP contribution in [0.2, 0.25) is 0 Å². The Labute approximate surface area is 111 Å². The second-order valence-corrected chi connectivity index (χ2v) is 5.55. The topological polar surface area (TPSA) is 61.8 Å². The average molecular weight is 257 g/mol. The number of thiophene rings is 1. The quantitative estimate of drug-likeness (QED) is 0.824. The van der Waals surface area contributed by atoms with E-state index in [1.165, 1.54) is 9.75 Å². The molecule has 1 aromatic heterocycles. The highest BCUT2D eigenvalue weighted by atomic mass is 32.1. The molecule has 4 heteroatoms. The lowest BCUT2D eigenvalue weighted by molar-refractivity contribution is 0.909. The Balaban J connectivity index is 2.21. The zero-order valence-electron chi connectivity index (χ0n) is 10.4. The van der Waals surface area contributed by atoms with Gasteiger partial charge in [-0.15, -0.1) is 11.3 Å². The van der Waals surface area contributed by atoms with E-state index in [0.29, 0.717) is 11.3 Å². The van der Waals surface area contributed by atoms with Gasteiger partial charge in [-0.3, -0.25) is 0 Å². The van der Waals surface area contributed by atoms with E-state index < -0.39 is 0 Å². The maximum atomic E-state index is 8.89. The van der Waals surface area contributed by atoms with E-state index in [0.717, 1.165) is 5.69 Å². The van der Waals surface area contributed by atoms with Gasteiger partial charge in [0.25, 0.3) is 0 Å². The Morgan fingerprint density at radius 3 is 2.72 bits per heavy atom. The van der Waals surface area contributed by atoms with Gasteiger partial charge in [0, 0.05) is 9.75 Å². The molecule has 1 atom stereocenters. The summed E-state index contributed by atoms with van der Waals surface area (Å²) in [4.78, 5) is 2.55. The first-order valence-electron chi connectivity index (χ1n) is 5.72. The molecule has 0 saturated heterocycles. The fraction of sp³-hybridized carbons (Fsp3) is 0.214. The Bertz CT molecular complexity index is 595. The predicted molar refractivity (Wildman–Crippen MR) is 76.7 cm³/mol. The zero-order valence-corrected chi connectivity index (χ0v) is 11.2. The van der Waals surface area contributed by atoms with Crippen molar-refractivity contribution in [2.24, 2.45) is 0 Å². The molecule has 1 aromatic carbocycles. The van der Waals surface area contributed by atoms with Gasteiger partial charge in [0.1, 0.15) is 0 Å². The molecule has 3 nitrogen and oxygen atoms in total. The largest absolute Gasteiger partial charge is 0.397 e. The van der Waals surface area contributed by atoms with E-state index in [1.54, 1.807) is 29.5 Å². The Hall–Kier alpha value is -1.99. The first kappa shape index (κ1) is 12.5. The standard InChI is InChI=1S/C14H15N3S/c1-9-3-6-14(18-9)10(2)17-13-7-11(8-15)4-5-12(13)16/h3-7,10,17H,16H2,1-2H3. The number of nitrogens with zero attached hydrogens (tertiary/aromatic N) is 1. The molecule has 1 unspecified atom stereocenters. The maximum Gasteiger partial charge on any atom is 0.0992 e. The lowest BCUT2D eigenvalue weighted by Crippen LogP contribution is -2.07. The van der Waals surface area contributed by atoms with Gasteiger partial charge in [0.2, 0.25) is 0 Å². The molecule has 18 heavy (non-hydrogen) atoms. The first-order valence-corrected chi connectivity index (χ1v) is 6.54. The van der Waals surface area contributed by atoms with Gasteiger partial charge >= 0.3 is 0 Å². The average Bonchev–Trinajstić information content (AvgIpc) is 2.79. The van der Waals surface area contributed by atoms with E-state index in [1.807, 2.05) is 0 Å². The fourth-order valence-corrected chi connectivity index (χ4v) is 2.62. The van der Waals surface area contributed by atoms with E-state index in [2.05, 4.69) is 37.4 Å². The number of nitrogens with two attached hydrogens (primary N) is 1. The molecule has 0 amide bonds. The molecule has 0 spiro atoms. The van der Waals surface area contributed by atoms with Crippen LogP contribution >= 0.6 is 11.3 Å². The molecule has 2 rings (SSSR count). The minimum Gasteiger partial charge on any atom is -0.397 e. The van der Waals surface area contributed by atoms with Crippen molar-refractivity contribution in [3.63, 3.8) is 0 Å². The number of nitriles is 1. The molecule has 0 aliphatic carbocycles. The van der Waals surface area contributed by atoms with Gasteiger partial charge in [-0.05, 0) is 44.2 Å². The second kappa shape index (κ2) is 5.11. The first-order chi connectivity index (χ1) is 8.60. The van der Waals surface area contributed by atoms with E-state index in [4.69, 9.17) is 11.0 Å². The summed E-state index contributed by atoms with van der Waals surface area (Å²) < 4.78 is 0. The highest BCUT2D eigenvalue weighted by Gasteiger charge is 2.09. The molecule has 0 radical (unpaired) electrons. The summed E-state index contributed by atoms with van der Waals surface area (Å²) in [5.41, 5.74) is 7.99. The molecular formula is C14H15N3S. The van der Waals surface area contributed by atoms with Crippen molar-refractivity contribution in [1.82, 2.24) is 0 Å². The van der Waals surface area contributed by atoms with Crippen molar-refractivity contribution in [3.8, 4) is 6.07 Å². The Morgan fingerprint density at radius 1 is 1.33 bits per heavy atom. The van der Waals surface area contributed by atoms with E-state index in [9.17, 15) is 0 Å². The monoisotopic (exact) mass is 257 g/mol. The smallest absolute Gasteiger partial charge is 0.0992 e. The van der Waals surface area contributed by atoms with E-state index in [-0.39, 0.29) is 6.04 Å². The van der Waals surface area contributed by atoms with Crippen LogP contribution in [-0.4, -0.2) is 0 Å². The maximum absolute atomic E-state index is 8.89. The van der Waals surface area contributed by atoms with Crippen molar-refractivity contribution >= 4 is 22.7 Å². The number of rotatable bonds is 3. The van der Waals surface area contributed by atoms with Gasteiger partial charge < -0.3 is 11.1 Å². The number of hydrogen-bond acceptors (Lipinski definition) is 4. The summed E-state index contributed by atoms with van der Waals surface area (Å²) in [6.07, 6.45) is 0. The van der Waals surface area contributed by atoms with Crippen molar-refractivity contribution in [3.05, 3.63) is 45.6 Å². The van der Waals surface area contributed by atoms with E-state index >= 15 is 0 Å². The van der Waals surface area contributed by atoms with Crippen LogP contribution in [0, 0.1) is 18.3 Å². The van der Waals surface area contributed by atoms with Crippen LogP contribution in [-0.2, 0) is 0 Å². The van der Waals surface area contributed by atoms with Gasteiger partial charge in [0.05, 0.1) is 29.0 Å². The van der Waals surface area contributed by atoms with Crippen LogP contribution in [0.3, 0.4) is 0 Å². The number of nitrogens with one attached hydrogen (secondary N) is 1. The third kappa shape index (κ3) is 2.63. The Morgan fingerprint density at radius 2 is 2.11 bits per heavy atom. The van der Waals surface area contributed by atoms with Crippen LogP contribution in [0.5, 0.6) is 0 Å². The highest BCUT2D eigenvalue weighted by Crippen LogP contribution is 2.28. The minimum atomic E-state index is 0.181. The number of nitrogen functional groups attached to an aromatic ring is 1. The summed E-state index contributed by atoms with van der Waals surface area (Å²) in [5.74, 6) is 0. The third-order valence-corrected chi connectivity index (χ3v) is 3.93. The molecule has 0 aliphatic heterocycles. The summed E-state index contributed by atoms with van der Waals surface area (Å²) in [6, 6.07) is 11.8. The summed E-state index contributed by atoms with van der Waals surface area (Å²) in [7, 11) is 0. The molecule has 2 aromatic rings. The van der Waals surface area contributed by atoms with Gasteiger partial charge in [-0.1, -0.05) is 0 Å². The molecule has 0 aliphatic rings. The molecule has 0 fully saturated rings. The SMILES string of the molecule is Cc1ccc(C(C)Nc2cc(C#N)ccc2N)s1. The number of anilines is 2. The van der Waals surface area contributed by atoms with Crippen molar-refractivity contribution in [1.29, 1.82) is 5.26 Å². The predicted octanol–water partition coefficient (Wildman–Crippen LogP) is 3.68. The number of aryl methyl sites for hydroxylation is 1. The second-order valence-electron chi connectivity index (χ2n) is 4.23. The molecular weight excluding hydrogens is 242 g/mol. The van der Waals surface area contributed by atoms with Crippen molar-refractivity contribution in [2.45, 2.75) is 19.9 Å². The zero-order chi connectivity index (χ0) is 13.1. The van der Waals surface area contributed by atoms with Crippen LogP contribution in [0.4, 0.5) is 11.4 Å². The van der Waals surface area contributed by atoms with Gasteiger partial charge in [0.15, 0.2) is 0 Å². The minimum absolute atomic E-state index is 0.181. The molecule has 0 bridgehead atoms. The van der Waals surface area contributed by atoms with Crippen LogP contribution in [0.1, 0.15) is 28.3 Å².